The molecule has 1 fully saturated rings. The van der Waals surface area contributed by atoms with Gasteiger partial charge in [0, 0.05) is 29.4 Å². The third kappa shape index (κ3) is 7.13. The second kappa shape index (κ2) is 13.7. The standard InChI is InChI=1S/C33H32FN3O2S2/c1-2-3-4-5-11-20-36-32(38)30(41-33(36)40)21-26-22-37(27-13-7-6-8-14-27)35-31(26)24-16-18-28(19-17-24)39-23-25-12-9-10-15-29(25)34/h6-10,12-19,21-22H,2-5,11,20,23H2,1H3/b30-21-. The number of thioether (sulfide) groups is 1. The summed E-state index contributed by atoms with van der Waals surface area (Å²) in [6.45, 7) is 2.98. The van der Waals surface area contributed by atoms with Gasteiger partial charge in [0.2, 0.25) is 0 Å². The zero-order valence-electron chi connectivity index (χ0n) is 23.0. The van der Waals surface area contributed by atoms with Crippen LogP contribution in [0.5, 0.6) is 5.75 Å². The highest BCUT2D eigenvalue weighted by atomic mass is 32.2. The Labute approximate surface area is 250 Å². The summed E-state index contributed by atoms with van der Waals surface area (Å²) in [4.78, 5) is 15.6. The maximum Gasteiger partial charge on any atom is 0.266 e. The van der Waals surface area contributed by atoms with Crippen LogP contribution in [0.15, 0.2) is 90.0 Å². The highest BCUT2D eigenvalue weighted by Crippen LogP contribution is 2.35. The molecule has 4 aromatic rings. The molecule has 0 radical (unpaired) electrons. The van der Waals surface area contributed by atoms with Gasteiger partial charge >= 0.3 is 0 Å². The first-order valence-corrected chi connectivity index (χ1v) is 15.1. The van der Waals surface area contributed by atoms with E-state index >= 15 is 0 Å². The zero-order chi connectivity index (χ0) is 28.6. The number of unbranched alkanes of at least 4 members (excludes halogenated alkanes) is 4. The molecule has 3 aromatic carbocycles. The van der Waals surface area contributed by atoms with E-state index in [1.165, 1.54) is 37.1 Å². The summed E-state index contributed by atoms with van der Waals surface area (Å²) in [7, 11) is 0. The zero-order valence-corrected chi connectivity index (χ0v) is 24.6. The van der Waals surface area contributed by atoms with Gasteiger partial charge in [-0.25, -0.2) is 9.07 Å². The summed E-state index contributed by atoms with van der Waals surface area (Å²) >= 11 is 6.91. The van der Waals surface area contributed by atoms with Crippen LogP contribution < -0.4 is 4.74 Å². The van der Waals surface area contributed by atoms with E-state index in [-0.39, 0.29) is 18.3 Å². The Morgan fingerprint density at radius 3 is 2.44 bits per heavy atom. The van der Waals surface area contributed by atoms with E-state index in [2.05, 4.69) is 6.92 Å². The monoisotopic (exact) mass is 585 g/mol. The SMILES string of the molecule is CCCCCCCN1C(=O)/C(=C/c2cn(-c3ccccc3)nc2-c2ccc(OCc3ccccc3F)cc2)SC1=S. The van der Waals surface area contributed by atoms with E-state index in [0.717, 1.165) is 35.3 Å². The van der Waals surface area contributed by atoms with Crippen molar-refractivity contribution in [3.63, 3.8) is 0 Å². The predicted octanol–water partition coefficient (Wildman–Crippen LogP) is 8.43. The fraction of sp³-hybridized carbons (Fsp3) is 0.242. The molecular formula is C33H32FN3O2S2. The van der Waals surface area contributed by atoms with Crippen molar-refractivity contribution >= 4 is 40.3 Å². The lowest BCUT2D eigenvalue weighted by Crippen LogP contribution is -2.29. The smallest absolute Gasteiger partial charge is 0.266 e. The van der Waals surface area contributed by atoms with E-state index in [9.17, 15) is 9.18 Å². The number of rotatable bonds is 12. The maximum absolute atomic E-state index is 14.0. The van der Waals surface area contributed by atoms with Crippen molar-refractivity contribution in [3.05, 3.63) is 107 Å². The minimum atomic E-state index is -0.290. The van der Waals surface area contributed by atoms with Gasteiger partial charge in [0.05, 0.1) is 16.3 Å². The predicted molar refractivity (Wildman–Crippen MR) is 168 cm³/mol. The van der Waals surface area contributed by atoms with Crippen LogP contribution in [0.25, 0.3) is 23.0 Å². The van der Waals surface area contributed by atoms with Crippen molar-refractivity contribution in [3.8, 4) is 22.7 Å². The summed E-state index contributed by atoms with van der Waals surface area (Å²) in [5.41, 5.74) is 3.84. The molecule has 0 aliphatic carbocycles. The first-order chi connectivity index (χ1) is 20.0. The second-order valence-electron chi connectivity index (χ2n) is 9.87. The molecule has 0 saturated carbocycles. The quantitative estimate of drug-likeness (QED) is 0.0949. The lowest BCUT2D eigenvalue weighted by Gasteiger charge is -2.13. The number of amides is 1. The number of nitrogens with zero attached hydrogens (tertiary/aromatic N) is 3. The molecule has 0 unspecified atom stereocenters. The van der Waals surface area contributed by atoms with Crippen molar-refractivity contribution < 1.29 is 13.9 Å². The number of hydrogen-bond donors (Lipinski definition) is 0. The molecule has 5 rings (SSSR count). The van der Waals surface area contributed by atoms with Crippen molar-refractivity contribution in [2.75, 3.05) is 6.54 Å². The summed E-state index contributed by atoms with van der Waals surface area (Å²) in [5.74, 6) is 0.286. The summed E-state index contributed by atoms with van der Waals surface area (Å²) < 4.78 is 22.2. The van der Waals surface area contributed by atoms with E-state index in [0.29, 0.717) is 27.1 Å². The Hall–Kier alpha value is -3.75. The van der Waals surface area contributed by atoms with Gasteiger partial charge < -0.3 is 4.74 Å². The van der Waals surface area contributed by atoms with Crippen molar-refractivity contribution in [1.82, 2.24) is 14.7 Å². The molecule has 5 nitrogen and oxygen atoms in total. The lowest BCUT2D eigenvalue weighted by molar-refractivity contribution is -0.122. The van der Waals surface area contributed by atoms with Crippen LogP contribution >= 0.6 is 24.0 Å². The molecule has 0 spiro atoms. The van der Waals surface area contributed by atoms with Crippen LogP contribution in [0, 0.1) is 5.82 Å². The Bertz CT molecular complexity index is 1530. The first-order valence-electron chi connectivity index (χ1n) is 13.9. The van der Waals surface area contributed by atoms with Gasteiger partial charge in [-0.2, -0.15) is 5.10 Å². The average molecular weight is 586 g/mol. The van der Waals surface area contributed by atoms with Crippen LogP contribution in [0.1, 0.15) is 50.2 Å². The molecular weight excluding hydrogens is 554 g/mol. The third-order valence-corrected chi connectivity index (χ3v) is 8.27. The number of benzene rings is 3. The number of carbonyl (C=O) groups excluding carboxylic acids is 1. The van der Waals surface area contributed by atoms with E-state index in [1.807, 2.05) is 71.6 Å². The molecule has 1 aliphatic heterocycles. The number of aromatic nitrogens is 2. The third-order valence-electron chi connectivity index (χ3n) is 6.89. The highest BCUT2D eigenvalue weighted by Gasteiger charge is 2.32. The van der Waals surface area contributed by atoms with Crippen LogP contribution in [0.2, 0.25) is 0 Å². The van der Waals surface area contributed by atoms with Crippen LogP contribution in [0.3, 0.4) is 0 Å². The highest BCUT2D eigenvalue weighted by molar-refractivity contribution is 8.26. The molecule has 1 amide bonds. The van der Waals surface area contributed by atoms with Gasteiger partial charge in [0.1, 0.15) is 22.5 Å². The van der Waals surface area contributed by atoms with Crippen LogP contribution in [-0.4, -0.2) is 31.5 Å². The molecule has 2 heterocycles. The molecule has 1 aromatic heterocycles. The van der Waals surface area contributed by atoms with Gasteiger partial charge in [-0.05, 0) is 55.0 Å². The van der Waals surface area contributed by atoms with E-state index < -0.39 is 0 Å². The van der Waals surface area contributed by atoms with Crippen LogP contribution in [0.4, 0.5) is 4.39 Å². The molecule has 8 heteroatoms. The maximum atomic E-state index is 14.0. The molecule has 1 saturated heterocycles. The van der Waals surface area contributed by atoms with Crippen molar-refractivity contribution in [1.29, 1.82) is 0 Å². The van der Waals surface area contributed by atoms with Crippen LogP contribution in [-0.2, 0) is 11.4 Å². The summed E-state index contributed by atoms with van der Waals surface area (Å²) in [5, 5.41) is 4.88. The average Bonchev–Trinajstić information content (AvgIpc) is 3.53. The van der Waals surface area contributed by atoms with Gasteiger partial charge in [-0.15, -0.1) is 0 Å². The fourth-order valence-corrected chi connectivity index (χ4v) is 5.92. The van der Waals surface area contributed by atoms with Gasteiger partial charge in [-0.1, -0.05) is 93.0 Å². The second-order valence-corrected chi connectivity index (χ2v) is 11.5. The van der Waals surface area contributed by atoms with Crippen molar-refractivity contribution in [2.45, 2.75) is 45.6 Å². The van der Waals surface area contributed by atoms with Gasteiger partial charge in [0.15, 0.2) is 0 Å². The lowest BCUT2D eigenvalue weighted by atomic mass is 10.1. The molecule has 0 N–H and O–H groups in total. The number of ether oxygens (including phenoxy) is 1. The van der Waals surface area contributed by atoms with Crippen molar-refractivity contribution in [2.24, 2.45) is 0 Å². The van der Waals surface area contributed by atoms with E-state index in [4.69, 9.17) is 22.1 Å². The summed E-state index contributed by atoms with van der Waals surface area (Å²) in [6.07, 6.45) is 9.44. The molecule has 0 bridgehead atoms. The first kappa shape index (κ1) is 28.8. The Morgan fingerprint density at radius 1 is 0.951 bits per heavy atom. The summed E-state index contributed by atoms with van der Waals surface area (Å²) in [6, 6.07) is 24.0. The minimum Gasteiger partial charge on any atom is -0.489 e. The molecule has 0 atom stereocenters. The largest absolute Gasteiger partial charge is 0.489 e. The normalized spacial score (nSPS) is 14.3. The fourth-order valence-electron chi connectivity index (χ4n) is 4.62. The molecule has 41 heavy (non-hydrogen) atoms. The minimum absolute atomic E-state index is 0.0502. The molecule has 1 aliphatic rings. The Morgan fingerprint density at radius 2 is 1.68 bits per heavy atom. The topological polar surface area (TPSA) is 47.4 Å². The Balaban J connectivity index is 1.38. The number of para-hydroxylation sites is 1. The number of hydrogen-bond acceptors (Lipinski definition) is 5. The molecule has 210 valence electrons. The van der Waals surface area contributed by atoms with Gasteiger partial charge in [0.25, 0.3) is 5.91 Å². The number of halogens is 1. The number of carbonyl (C=O) groups is 1. The van der Waals surface area contributed by atoms with E-state index in [1.54, 1.807) is 23.1 Å². The number of thiocarbonyl (C=S) groups is 1. The van der Waals surface area contributed by atoms with Gasteiger partial charge in [-0.3, -0.25) is 9.69 Å². The Kier molecular flexibility index (Phi) is 9.64.